The summed E-state index contributed by atoms with van der Waals surface area (Å²) in [5.74, 6) is -0.406. The van der Waals surface area contributed by atoms with Crippen LogP contribution in [-0.4, -0.2) is 35.0 Å². The van der Waals surface area contributed by atoms with E-state index in [4.69, 9.17) is 21.1 Å². The van der Waals surface area contributed by atoms with Gasteiger partial charge in [-0.1, -0.05) is 66.7 Å². The monoisotopic (exact) mass is 545 g/mol. The van der Waals surface area contributed by atoms with Gasteiger partial charge in [-0.3, -0.25) is 9.59 Å². The molecule has 0 spiro atoms. The zero-order chi connectivity index (χ0) is 27.6. The van der Waals surface area contributed by atoms with Crippen LogP contribution in [0.5, 0.6) is 5.75 Å². The van der Waals surface area contributed by atoms with E-state index in [1.165, 1.54) is 6.33 Å². The molecule has 0 saturated heterocycles. The number of benzene rings is 3. The molecule has 0 fully saturated rings. The minimum Gasteiger partial charge on any atom is -0.491 e. The Bertz CT molecular complexity index is 1460. The van der Waals surface area contributed by atoms with Crippen LogP contribution in [0, 0.1) is 6.92 Å². The number of H-pyrrole nitrogens is 1. The van der Waals surface area contributed by atoms with Gasteiger partial charge in [0.1, 0.15) is 23.9 Å². The Morgan fingerprint density at radius 3 is 2.49 bits per heavy atom. The Balaban J connectivity index is 1.28. The second-order valence-corrected chi connectivity index (χ2v) is 8.89. The van der Waals surface area contributed by atoms with E-state index in [1.54, 1.807) is 18.2 Å². The maximum absolute atomic E-state index is 12.9. The Morgan fingerprint density at radius 1 is 0.949 bits per heavy atom. The van der Waals surface area contributed by atoms with Crippen LogP contribution in [0.25, 0.3) is 0 Å². The molecule has 0 saturated carbocycles. The molecule has 9 nitrogen and oxygen atoms in total. The number of rotatable bonds is 12. The third-order valence-electron chi connectivity index (χ3n) is 5.57. The number of nitrogens with one attached hydrogen (secondary N) is 4. The van der Waals surface area contributed by atoms with Crippen LogP contribution in [0.4, 0.5) is 11.4 Å². The molecule has 0 aliphatic heterocycles. The number of ether oxygens (including phenoxy) is 2. The molecule has 3 aromatic carbocycles. The zero-order valence-electron chi connectivity index (χ0n) is 21.3. The van der Waals surface area contributed by atoms with E-state index in [0.29, 0.717) is 31.3 Å². The molecule has 4 aromatic rings. The molecular weight excluding hydrogens is 518 g/mol. The van der Waals surface area contributed by atoms with Crippen LogP contribution in [0.15, 0.2) is 91.5 Å². The van der Waals surface area contributed by atoms with Gasteiger partial charge >= 0.3 is 0 Å². The highest BCUT2D eigenvalue weighted by molar-refractivity contribution is 6.34. The van der Waals surface area contributed by atoms with Crippen molar-refractivity contribution in [1.29, 1.82) is 0 Å². The number of amides is 2. The number of carbonyl (C=O) groups excluding carboxylic acids is 2. The quantitative estimate of drug-likeness (QED) is 0.174. The van der Waals surface area contributed by atoms with Crippen molar-refractivity contribution in [1.82, 2.24) is 15.3 Å². The highest BCUT2D eigenvalue weighted by Gasteiger charge is 2.22. The Hall–Kier alpha value is -4.60. The Kier molecular flexibility index (Phi) is 9.34. The summed E-state index contributed by atoms with van der Waals surface area (Å²) in [5, 5.41) is 8.61. The van der Waals surface area contributed by atoms with Gasteiger partial charge in [0.25, 0.3) is 11.8 Å². The van der Waals surface area contributed by atoms with Crippen LogP contribution in [0.2, 0.25) is 5.02 Å². The molecular formula is C29H28ClN5O4. The van der Waals surface area contributed by atoms with Crippen molar-refractivity contribution >= 4 is 34.8 Å². The predicted molar refractivity (Wildman–Crippen MR) is 151 cm³/mol. The number of aromatic nitrogens is 2. The predicted octanol–water partition coefficient (Wildman–Crippen LogP) is 5.53. The number of nitrogens with zero attached hydrogens (tertiary/aromatic N) is 1. The van der Waals surface area contributed by atoms with Crippen molar-refractivity contribution in [2.24, 2.45) is 0 Å². The third kappa shape index (κ3) is 7.70. The normalized spacial score (nSPS) is 10.5. The molecule has 0 unspecified atom stereocenters. The van der Waals surface area contributed by atoms with Gasteiger partial charge in [0, 0.05) is 11.8 Å². The fraction of sp³-hybridized carbons (Fsp3) is 0.138. The average Bonchev–Trinajstić information content (AvgIpc) is 3.42. The zero-order valence-corrected chi connectivity index (χ0v) is 22.0. The number of anilines is 2. The summed E-state index contributed by atoms with van der Waals surface area (Å²) in [4.78, 5) is 32.4. The van der Waals surface area contributed by atoms with E-state index in [-0.39, 0.29) is 22.2 Å². The highest BCUT2D eigenvalue weighted by atomic mass is 35.5. The topological polar surface area (TPSA) is 117 Å². The van der Waals surface area contributed by atoms with Gasteiger partial charge in [0.05, 0.1) is 30.3 Å². The van der Waals surface area contributed by atoms with Crippen LogP contribution < -0.4 is 20.7 Å². The number of aryl methyl sites for hydroxylation is 1. The molecule has 0 atom stereocenters. The van der Waals surface area contributed by atoms with Gasteiger partial charge in [0.2, 0.25) is 0 Å². The lowest BCUT2D eigenvalue weighted by Gasteiger charge is -2.13. The lowest BCUT2D eigenvalue weighted by Crippen LogP contribution is -2.29. The first-order chi connectivity index (χ1) is 18.9. The molecule has 4 rings (SSSR count). The van der Waals surface area contributed by atoms with Gasteiger partial charge in [-0.2, -0.15) is 0 Å². The largest absolute Gasteiger partial charge is 0.491 e. The van der Waals surface area contributed by atoms with Gasteiger partial charge in [-0.15, -0.1) is 0 Å². The number of imidazole rings is 1. The van der Waals surface area contributed by atoms with Crippen LogP contribution >= 0.6 is 11.6 Å². The maximum atomic E-state index is 12.9. The number of hydrogen-bond acceptors (Lipinski definition) is 6. The second-order valence-electron chi connectivity index (χ2n) is 8.48. The van der Waals surface area contributed by atoms with E-state index in [2.05, 4.69) is 32.5 Å². The minimum absolute atomic E-state index is 0.0215. The summed E-state index contributed by atoms with van der Waals surface area (Å²) in [6.07, 6.45) is 1.26. The number of aromatic amines is 1. The van der Waals surface area contributed by atoms with Crippen LogP contribution in [-0.2, 0) is 11.3 Å². The Labute approximate surface area is 231 Å². The number of halogens is 1. The van der Waals surface area contributed by atoms with E-state index in [0.717, 1.165) is 16.8 Å². The standard InChI is InChI=1S/C29H28ClN5O4/c1-19-8-6-7-11-24(19)33-20(2)34-28(36)26-27(32-18-31-26)29(37)35-25-13-12-22(16-23(25)30)39-15-14-38-17-21-9-4-3-5-10-21/h3-13,16,18,33H,2,14-15,17H2,1H3,(H,31,32)(H,34,36)(H,35,37). The molecule has 4 N–H and O–H groups in total. The lowest BCUT2D eigenvalue weighted by molar-refractivity contribution is 0.0889. The van der Waals surface area contributed by atoms with Crippen molar-refractivity contribution in [2.45, 2.75) is 13.5 Å². The minimum atomic E-state index is -0.608. The van der Waals surface area contributed by atoms with E-state index >= 15 is 0 Å². The summed E-state index contributed by atoms with van der Waals surface area (Å²) in [7, 11) is 0. The van der Waals surface area contributed by atoms with Crippen molar-refractivity contribution in [3.63, 3.8) is 0 Å². The summed E-state index contributed by atoms with van der Waals surface area (Å²) in [6.45, 7) is 7.01. The molecule has 200 valence electrons. The summed E-state index contributed by atoms with van der Waals surface area (Å²) >= 11 is 6.36. The van der Waals surface area contributed by atoms with Crippen molar-refractivity contribution in [3.05, 3.63) is 119 Å². The molecule has 2 amide bonds. The number of para-hydroxylation sites is 1. The Morgan fingerprint density at radius 2 is 1.72 bits per heavy atom. The SMILES string of the molecule is C=C(NC(=O)c1[nH]cnc1C(=O)Nc1ccc(OCCOCc2ccccc2)cc1Cl)Nc1ccccc1C. The first-order valence-corrected chi connectivity index (χ1v) is 12.5. The molecule has 10 heteroatoms. The molecule has 1 heterocycles. The number of hydrogen-bond donors (Lipinski definition) is 4. The fourth-order valence-corrected chi connectivity index (χ4v) is 3.82. The van der Waals surface area contributed by atoms with Crippen LogP contribution in [0.1, 0.15) is 32.1 Å². The van der Waals surface area contributed by atoms with Crippen molar-refractivity contribution in [3.8, 4) is 5.75 Å². The second kappa shape index (κ2) is 13.3. The molecule has 0 radical (unpaired) electrons. The summed E-state index contributed by atoms with van der Waals surface area (Å²) < 4.78 is 11.3. The fourth-order valence-electron chi connectivity index (χ4n) is 3.60. The molecule has 0 aliphatic carbocycles. The lowest BCUT2D eigenvalue weighted by atomic mass is 10.2. The average molecular weight is 546 g/mol. The van der Waals surface area contributed by atoms with Crippen LogP contribution in [0.3, 0.4) is 0 Å². The number of carbonyl (C=O) groups is 2. The maximum Gasteiger partial charge on any atom is 0.276 e. The molecule has 0 bridgehead atoms. The van der Waals surface area contributed by atoms with E-state index < -0.39 is 11.8 Å². The van der Waals surface area contributed by atoms with Gasteiger partial charge in [-0.05, 0) is 36.2 Å². The van der Waals surface area contributed by atoms with Gasteiger partial charge in [-0.25, -0.2) is 4.98 Å². The highest BCUT2D eigenvalue weighted by Crippen LogP contribution is 2.27. The van der Waals surface area contributed by atoms with E-state index in [9.17, 15) is 9.59 Å². The summed E-state index contributed by atoms with van der Waals surface area (Å²) in [6, 6.07) is 22.3. The first kappa shape index (κ1) is 27.4. The summed E-state index contributed by atoms with van der Waals surface area (Å²) in [5.41, 5.74) is 3.10. The van der Waals surface area contributed by atoms with Gasteiger partial charge < -0.3 is 30.4 Å². The first-order valence-electron chi connectivity index (χ1n) is 12.1. The molecule has 39 heavy (non-hydrogen) atoms. The van der Waals surface area contributed by atoms with Crippen molar-refractivity contribution < 1.29 is 19.1 Å². The molecule has 1 aromatic heterocycles. The third-order valence-corrected chi connectivity index (χ3v) is 5.89. The van der Waals surface area contributed by atoms with E-state index in [1.807, 2.05) is 61.5 Å². The smallest absolute Gasteiger partial charge is 0.276 e. The molecule has 0 aliphatic rings. The van der Waals surface area contributed by atoms with Crippen molar-refractivity contribution in [2.75, 3.05) is 23.8 Å². The van der Waals surface area contributed by atoms with Gasteiger partial charge in [0.15, 0.2) is 5.69 Å².